The molecule has 0 saturated heterocycles. The highest BCUT2D eigenvalue weighted by atomic mass is 16.1. The summed E-state index contributed by atoms with van der Waals surface area (Å²) in [6.45, 7) is 0. The van der Waals surface area contributed by atoms with E-state index < -0.39 is 0 Å². The molecular formula is C9H8BN3O. The van der Waals surface area contributed by atoms with Crippen molar-refractivity contribution >= 4 is 25.0 Å². The fourth-order valence-corrected chi connectivity index (χ4v) is 1.29. The third kappa shape index (κ3) is 1.37. The zero-order valence-electron chi connectivity index (χ0n) is 7.69. The number of amides is 1. The van der Waals surface area contributed by atoms with Gasteiger partial charge in [-0.1, -0.05) is 0 Å². The zero-order valence-corrected chi connectivity index (χ0v) is 7.69. The number of nitrogens with zero attached hydrogens (tertiary/aromatic N) is 2. The third-order valence-electron chi connectivity index (χ3n) is 1.96. The molecule has 0 atom stereocenters. The molecule has 0 aliphatic heterocycles. The minimum atomic E-state index is -0.126. The molecule has 5 heteroatoms. The predicted octanol–water partition coefficient (Wildman–Crippen LogP) is -0.512. The molecule has 68 valence electrons. The van der Waals surface area contributed by atoms with Crippen LogP contribution in [0.4, 0.5) is 0 Å². The van der Waals surface area contributed by atoms with Crippen molar-refractivity contribution in [1.29, 1.82) is 0 Å². The maximum Gasteiger partial charge on any atom is 0.252 e. The van der Waals surface area contributed by atoms with Gasteiger partial charge in [-0.2, -0.15) is 0 Å². The zero-order chi connectivity index (χ0) is 10.1. The molecule has 2 radical (unpaired) electrons. The predicted molar refractivity (Wildman–Crippen MR) is 54.0 cm³/mol. The highest BCUT2D eigenvalue weighted by molar-refractivity contribution is 6.30. The van der Waals surface area contributed by atoms with E-state index >= 15 is 0 Å². The first-order valence-electron chi connectivity index (χ1n) is 4.17. The minimum Gasteiger partial charge on any atom is -0.355 e. The van der Waals surface area contributed by atoms with Gasteiger partial charge in [-0.25, -0.2) is 4.98 Å². The summed E-state index contributed by atoms with van der Waals surface area (Å²) in [5, 5.41) is 2.55. The lowest BCUT2D eigenvalue weighted by molar-refractivity contribution is 0.0962. The molecule has 2 aromatic heterocycles. The van der Waals surface area contributed by atoms with Crippen LogP contribution in [-0.4, -0.2) is 30.2 Å². The topological polar surface area (TPSA) is 46.4 Å². The van der Waals surface area contributed by atoms with E-state index in [1.807, 2.05) is 0 Å². The summed E-state index contributed by atoms with van der Waals surface area (Å²) >= 11 is 0. The fourth-order valence-electron chi connectivity index (χ4n) is 1.29. The highest BCUT2D eigenvalue weighted by Gasteiger charge is 2.04. The van der Waals surface area contributed by atoms with Crippen LogP contribution in [0, 0.1) is 0 Å². The molecule has 2 heterocycles. The number of hydrogen-bond donors (Lipinski definition) is 1. The van der Waals surface area contributed by atoms with Crippen LogP contribution in [0.2, 0.25) is 0 Å². The van der Waals surface area contributed by atoms with Crippen LogP contribution in [-0.2, 0) is 0 Å². The molecule has 0 unspecified atom stereocenters. The van der Waals surface area contributed by atoms with Crippen molar-refractivity contribution < 1.29 is 4.79 Å². The van der Waals surface area contributed by atoms with E-state index in [4.69, 9.17) is 7.85 Å². The van der Waals surface area contributed by atoms with Crippen molar-refractivity contribution in [2.45, 2.75) is 0 Å². The first-order chi connectivity index (χ1) is 6.70. The summed E-state index contributed by atoms with van der Waals surface area (Å²) in [5.41, 5.74) is 1.76. The van der Waals surface area contributed by atoms with Gasteiger partial charge in [-0.3, -0.25) is 4.79 Å². The molecule has 0 saturated carbocycles. The number of hydrogen-bond acceptors (Lipinski definition) is 2. The second-order valence-electron chi connectivity index (χ2n) is 2.93. The van der Waals surface area contributed by atoms with Crippen LogP contribution in [0.15, 0.2) is 24.5 Å². The molecule has 2 aromatic rings. The van der Waals surface area contributed by atoms with Gasteiger partial charge in [0.25, 0.3) is 5.91 Å². The van der Waals surface area contributed by atoms with E-state index in [2.05, 4.69) is 10.3 Å². The summed E-state index contributed by atoms with van der Waals surface area (Å²) in [6.07, 6.45) is 3.36. The molecular weight excluding hydrogens is 177 g/mol. The van der Waals surface area contributed by atoms with Crippen molar-refractivity contribution in [1.82, 2.24) is 14.7 Å². The quantitative estimate of drug-likeness (QED) is 0.608. The molecule has 0 bridgehead atoms. The van der Waals surface area contributed by atoms with Gasteiger partial charge in [0.15, 0.2) is 0 Å². The normalized spacial score (nSPS) is 10.4. The van der Waals surface area contributed by atoms with Gasteiger partial charge >= 0.3 is 0 Å². The third-order valence-corrected chi connectivity index (χ3v) is 1.96. The number of carbonyl (C=O) groups excluding carboxylic acids is 1. The van der Waals surface area contributed by atoms with Gasteiger partial charge in [0.05, 0.1) is 5.56 Å². The molecule has 0 spiro atoms. The fraction of sp³-hybridized carbons (Fsp3) is 0.111. The maximum absolute atomic E-state index is 11.3. The Balaban J connectivity index is 2.55. The molecule has 0 fully saturated rings. The molecule has 1 N–H and O–H groups in total. The van der Waals surface area contributed by atoms with Crippen molar-refractivity contribution in [3.05, 3.63) is 30.1 Å². The van der Waals surface area contributed by atoms with E-state index in [0.717, 1.165) is 5.65 Å². The Bertz CT molecular complexity index is 492. The number of fused-ring (bicyclic) bond motifs is 1. The van der Waals surface area contributed by atoms with Crippen LogP contribution < -0.4 is 10.9 Å². The lowest BCUT2D eigenvalue weighted by Gasteiger charge is -1.99. The molecule has 0 aliphatic carbocycles. The lowest BCUT2D eigenvalue weighted by atomic mass is 10.1. The largest absolute Gasteiger partial charge is 0.355 e. The van der Waals surface area contributed by atoms with Crippen molar-refractivity contribution in [3.63, 3.8) is 0 Å². The standard InChI is InChI=1S/C9H8BN3O/c1-11-9(14)6-2-3-8-12-7(10)5-13(8)4-6/h2-5H,1H3,(H,11,14). The van der Waals surface area contributed by atoms with Gasteiger partial charge in [-0.05, 0) is 12.1 Å². The van der Waals surface area contributed by atoms with Crippen LogP contribution in [0.1, 0.15) is 10.4 Å². The first kappa shape index (κ1) is 8.81. The summed E-state index contributed by atoms with van der Waals surface area (Å²) in [7, 11) is 7.11. The van der Waals surface area contributed by atoms with Crippen molar-refractivity contribution in [2.75, 3.05) is 7.05 Å². The van der Waals surface area contributed by atoms with Gasteiger partial charge in [-0.15, -0.1) is 0 Å². The molecule has 0 aliphatic rings. The molecule has 0 aromatic carbocycles. The summed E-state index contributed by atoms with van der Waals surface area (Å²) in [5.74, 6) is -0.126. The second kappa shape index (κ2) is 3.18. The number of rotatable bonds is 1. The summed E-state index contributed by atoms with van der Waals surface area (Å²) < 4.78 is 1.72. The van der Waals surface area contributed by atoms with Gasteiger partial charge in [0, 0.05) is 25.0 Å². The number of carbonyl (C=O) groups is 1. The Morgan fingerprint density at radius 3 is 3.00 bits per heavy atom. The molecule has 2 rings (SSSR count). The monoisotopic (exact) mass is 185 g/mol. The first-order valence-corrected chi connectivity index (χ1v) is 4.17. The second-order valence-corrected chi connectivity index (χ2v) is 2.93. The number of pyridine rings is 1. The summed E-state index contributed by atoms with van der Waals surface area (Å²) in [4.78, 5) is 15.3. The Morgan fingerprint density at radius 2 is 2.29 bits per heavy atom. The van der Waals surface area contributed by atoms with Crippen LogP contribution in [0.3, 0.4) is 0 Å². The van der Waals surface area contributed by atoms with Crippen LogP contribution in [0.5, 0.6) is 0 Å². The lowest BCUT2D eigenvalue weighted by Crippen LogP contribution is -2.18. The number of nitrogens with one attached hydrogen (secondary N) is 1. The average Bonchev–Trinajstić information content (AvgIpc) is 2.55. The smallest absolute Gasteiger partial charge is 0.252 e. The summed E-state index contributed by atoms with van der Waals surface area (Å²) in [6, 6.07) is 3.46. The number of aromatic nitrogens is 2. The van der Waals surface area contributed by atoms with E-state index in [1.165, 1.54) is 0 Å². The van der Waals surface area contributed by atoms with Gasteiger partial charge in [0.2, 0.25) is 0 Å². The Labute approximate surface area is 82.4 Å². The molecule has 14 heavy (non-hydrogen) atoms. The SMILES string of the molecule is [B]c1cn2cc(C(=O)NC)ccc2n1. The molecule has 4 nitrogen and oxygen atoms in total. The minimum absolute atomic E-state index is 0.126. The Kier molecular flexibility index (Phi) is 2.00. The van der Waals surface area contributed by atoms with Gasteiger partial charge in [0.1, 0.15) is 13.5 Å². The van der Waals surface area contributed by atoms with Crippen molar-refractivity contribution in [3.8, 4) is 0 Å². The maximum atomic E-state index is 11.3. The average molecular weight is 185 g/mol. The van der Waals surface area contributed by atoms with E-state index in [-0.39, 0.29) is 5.91 Å². The van der Waals surface area contributed by atoms with E-state index in [1.54, 1.807) is 36.0 Å². The van der Waals surface area contributed by atoms with Gasteiger partial charge < -0.3 is 9.72 Å². The van der Waals surface area contributed by atoms with E-state index in [0.29, 0.717) is 11.2 Å². The number of imidazole rings is 1. The van der Waals surface area contributed by atoms with Crippen LogP contribution >= 0.6 is 0 Å². The molecule has 1 amide bonds. The Hall–Kier alpha value is -1.78. The van der Waals surface area contributed by atoms with E-state index in [9.17, 15) is 4.79 Å². The van der Waals surface area contributed by atoms with Crippen molar-refractivity contribution in [2.24, 2.45) is 0 Å². The Morgan fingerprint density at radius 1 is 1.50 bits per heavy atom. The van der Waals surface area contributed by atoms with Crippen LogP contribution in [0.25, 0.3) is 5.65 Å². The highest BCUT2D eigenvalue weighted by Crippen LogP contribution is 2.03.